The van der Waals surface area contributed by atoms with Crippen LogP contribution in [0.3, 0.4) is 0 Å². The summed E-state index contributed by atoms with van der Waals surface area (Å²) in [7, 11) is 0. The molecule has 0 rings (SSSR count). The van der Waals surface area contributed by atoms with Crippen molar-refractivity contribution in [1.82, 2.24) is 0 Å². The van der Waals surface area contributed by atoms with Gasteiger partial charge >= 0.3 is 5.97 Å². The van der Waals surface area contributed by atoms with E-state index in [-0.39, 0.29) is 11.4 Å². The lowest BCUT2D eigenvalue weighted by molar-refractivity contribution is -0.139. The van der Waals surface area contributed by atoms with E-state index in [1.807, 2.05) is 0 Å². The first kappa shape index (κ1) is 14.5. The van der Waals surface area contributed by atoms with Gasteiger partial charge < -0.3 is 9.53 Å². The van der Waals surface area contributed by atoms with Crippen LogP contribution in [0.15, 0.2) is 0 Å². The maximum Gasteiger partial charge on any atom is 0.315 e. The van der Waals surface area contributed by atoms with Gasteiger partial charge in [0.1, 0.15) is 6.29 Å². The van der Waals surface area contributed by atoms with Crippen LogP contribution in [0.25, 0.3) is 0 Å². The second-order valence-electron chi connectivity index (χ2n) is 4.17. The highest BCUT2D eigenvalue weighted by Crippen LogP contribution is 2.26. The van der Waals surface area contributed by atoms with Crippen LogP contribution in [0.1, 0.15) is 33.6 Å². The lowest BCUT2D eigenvalue weighted by Crippen LogP contribution is -2.17. The van der Waals surface area contributed by atoms with Crippen LogP contribution in [-0.4, -0.2) is 30.4 Å². The number of esters is 1. The molecule has 0 bridgehead atoms. The van der Waals surface area contributed by atoms with E-state index < -0.39 is 0 Å². The van der Waals surface area contributed by atoms with Gasteiger partial charge in [-0.3, -0.25) is 4.79 Å². The zero-order valence-electron chi connectivity index (χ0n) is 9.75. The van der Waals surface area contributed by atoms with Crippen LogP contribution in [0, 0.1) is 5.41 Å². The molecule has 0 aliphatic rings. The fourth-order valence-corrected chi connectivity index (χ4v) is 2.18. The third-order valence-corrected chi connectivity index (χ3v) is 3.38. The number of ether oxygens (including phenoxy) is 1. The fourth-order valence-electron chi connectivity index (χ4n) is 1.14. The number of carbonyl (C=O) groups is 2. The number of rotatable bonds is 8. The molecule has 0 fully saturated rings. The molecule has 88 valence electrons. The van der Waals surface area contributed by atoms with Crippen molar-refractivity contribution in [2.24, 2.45) is 5.41 Å². The van der Waals surface area contributed by atoms with Gasteiger partial charge in [-0.15, -0.1) is 11.8 Å². The Kier molecular flexibility index (Phi) is 7.48. The second-order valence-corrected chi connectivity index (χ2v) is 5.15. The summed E-state index contributed by atoms with van der Waals surface area (Å²) in [5.74, 6) is 1.12. The Morgan fingerprint density at radius 3 is 2.67 bits per heavy atom. The van der Waals surface area contributed by atoms with Gasteiger partial charge in [0.2, 0.25) is 0 Å². The smallest absolute Gasteiger partial charge is 0.315 e. The molecule has 0 aliphatic carbocycles. The van der Waals surface area contributed by atoms with Crippen molar-refractivity contribution in [3.05, 3.63) is 0 Å². The first-order valence-corrected chi connectivity index (χ1v) is 6.34. The molecule has 0 N–H and O–H groups in total. The normalized spacial score (nSPS) is 11.1. The monoisotopic (exact) mass is 232 g/mol. The number of aldehydes is 1. The van der Waals surface area contributed by atoms with E-state index in [4.69, 9.17) is 4.74 Å². The van der Waals surface area contributed by atoms with Crippen LogP contribution in [0.4, 0.5) is 0 Å². The Morgan fingerprint density at radius 2 is 2.13 bits per heavy atom. The summed E-state index contributed by atoms with van der Waals surface area (Å²) < 4.78 is 4.82. The van der Waals surface area contributed by atoms with Gasteiger partial charge in [0, 0.05) is 6.42 Å². The first-order valence-electron chi connectivity index (χ1n) is 5.19. The number of hydrogen-bond donors (Lipinski definition) is 0. The highest BCUT2D eigenvalue weighted by molar-refractivity contribution is 7.99. The molecule has 0 spiro atoms. The largest absolute Gasteiger partial charge is 0.465 e. The number of thioether (sulfide) groups is 1. The molecule has 0 unspecified atom stereocenters. The molecule has 0 heterocycles. The Hall–Kier alpha value is -0.510. The third-order valence-electron chi connectivity index (χ3n) is 1.96. The van der Waals surface area contributed by atoms with Crippen molar-refractivity contribution in [3.63, 3.8) is 0 Å². The standard InChI is InChI=1S/C11H20O3S/c1-4-14-10(13)8-15-9-11(2,3)6-5-7-12/h7H,4-6,8-9H2,1-3H3. The molecule has 0 radical (unpaired) electrons. The van der Waals surface area contributed by atoms with Gasteiger partial charge in [0.25, 0.3) is 0 Å². The Morgan fingerprint density at radius 1 is 1.47 bits per heavy atom. The second kappa shape index (κ2) is 7.74. The van der Waals surface area contributed by atoms with Gasteiger partial charge in [0.15, 0.2) is 0 Å². The molecule has 0 aromatic rings. The predicted octanol–water partition coefficient (Wildman–Crippen LogP) is 2.29. The summed E-state index contributed by atoms with van der Waals surface area (Å²) >= 11 is 1.57. The van der Waals surface area contributed by atoms with Crippen LogP contribution >= 0.6 is 11.8 Å². The molecule has 0 saturated carbocycles. The molecular weight excluding hydrogens is 212 g/mol. The van der Waals surface area contributed by atoms with Crippen LogP contribution in [0.5, 0.6) is 0 Å². The van der Waals surface area contributed by atoms with Crippen molar-refractivity contribution < 1.29 is 14.3 Å². The minimum Gasteiger partial charge on any atom is -0.465 e. The van der Waals surface area contributed by atoms with Crippen molar-refractivity contribution >= 4 is 24.0 Å². The molecular formula is C11H20O3S. The summed E-state index contributed by atoms with van der Waals surface area (Å²) in [6.07, 6.45) is 2.40. The molecule has 0 aliphatic heterocycles. The molecule has 0 aromatic carbocycles. The quantitative estimate of drug-likeness (QED) is 0.476. The fraction of sp³-hybridized carbons (Fsp3) is 0.818. The van der Waals surface area contributed by atoms with Gasteiger partial charge in [-0.05, 0) is 24.5 Å². The minimum absolute atomic E-state index is 0.109. The van der Waals surface area contributed by atoms with Crippen molar-refractivity contribution in [2.45, 2.75) is 33.6 Å². The number of carbonyl (C=O) groups excluding carboxylic acids is 2. The summed E-state index contributed by atoms with van der Waals surface area (Å²) in [6.45, 7) is 6.45. The highest BCUT2D eigenvalue weighted by Gasteiger charge is 2.17. The molecule has 0 aromatic heterocycles. The minimum atomic E-state index is -0.159. The zero-order chi connectivity index (χ0) is 11.7. The Bertz CT molecular complexity index is 202. The zero-order valence-corrected chi connectivity index (χ0v) is 10.6. The summed E-state index contributed by atoms with van der Waals surface area (Å²) in [6, 6.07) is 0. The van der Waals surface area contributed by atoms with Gasteiger partial charge in [-0.1, -0.05) is 13.8 Å². The number of hydrogen-bond acceptors (Lipinski definition) is 4. The van der Waals surface area contributed by atoms with Gasteiger partial charge in [-0.25, -0.2) is 0 Å². The van der Waals surface area contributed by atoms with E-state index in [9.17, 15) is 9.59 Å². The van der Waals surface area contributed by atoms with Crippen LogP contribution in [-0.2, 0) is 14.3 Å². The van der Waals surface area contributed by atoms with E-state index in [2.05, 4.69) is 13.8 Å². The van der Waals surface area contributed by atoms with Crippen molar-refractivity contribution in [1.29, 1.82) is 0 Å². The first-order chi connectivity index (χ1) is 7.02. The van der Waals surface area contributed by atoms with E-state index >= 15 is 0 Å². The summed E-state index contributed by atoms with van der Waals surface area (Å²) in [4.78, 5) is 21.3. The van der Waals surface area contributed by atoms with E-state index in [1.54, 1.807) is 18.7 Å². The molecule has 0 saturated heterocycles. The molecule has 3 nitrogen and oxygen atoms in total. The Labute approximate surface area is 95.9 Å². The van der Waals surface area contributed by atoms with Crippen molar-refractivity contribution in [3.8, 4) is 0 Å². The molecule has 4 heteroatoms. The predicted molar refractivity (Wildman–Crippen MR) is 63.0 cm³/mol. The van der Waals surface area contributed by atoms with Crippen molar-refractivity contribution in [2.75, 3.05) is 18.1 Å². The van der Waals surface area contributed by atoms with E-state index in [0.717, 1.165) is 18.5 Å². The average molecular weight is 232 g/mol. The van der Waals surface area contributed by atoms with Gasteiger partial charge in [-0.2, -0.15) is 0 Å². The van der Waals surface area contributed by atoms with Gasteiger partial charge in [0.05, 0.1) is 12.4 Å². The molecule has 0 atom stereocenters. The Balaban J connectivity index is 3.64. The molecule has 0 amide bonds. The van der Waals surface area contributed by atoms with Crippen LogP contribution < -0.4 is 0 Å². The highest BCUT2D eigenvalue weighted by atomic mass is 32.2. The molecule has 15 heavy (non-hydrogen) atoms. The van der Waals surface area contributed by atoms with Crippen LogP contribution in [0.2, 0.25) is 0 Å². The third kappa shape index (κ3) is 8.48. The SMILES string of the molecule is CCOC(=O)CSCC(C)(C)CCC=O. The lowest BCUT2D eigenvalue weighted by Gasteiger charge is -2.22. The topological polar surface area (TPSA) is 43.4 Å². The van der Waals surface area contributed by atoms with E-state index in [0.29, 0.717) is 18.8 Å². The lowest BCUT2D eigenvalue weighted by atomic mass is 9.91. The maximum absolute atomic E-state index is 11.0. The maximum atomic E-state index is 11.0. The average Bonchev–Trinajstić information content (AvgIpc) is 2.15. The summed E-state index contributed by atoms with van der Waals surface area (Å²) in [5.41, 5.74) is 0.109. The van der Waals surface area contributed by atoms with E-state index in [1.165, 1.54) is 0 Å². The summed E-state index contributed by atoms with van der Waals surface area (Å²) in [5, 5.41) is 0.